The average molecular weight is 269 g/mol. The van der Waals surface area contributed by atoms with Gasteiger partial charge in [0.25, 0.3) is 0 Å². The molecule has 0 spiro atoms. The summed E-state index contributed by atoms with van der Waals surface area (Å²) >= 11 is 0. The van der Waals surface area contributed by atoms with Crippen molar-refractivity contribution in [1.82, 2.24) is 14.7 Å². The van der Waals surface area contributed by atoms with Crippen LogP contribution >= 0.6 is 0 Å². The maximum Gasteiger partial charge on any atom is 0.0471 e. The number of likely N-dealkylation sites (tertiary alicyclic amines) is 2. The van der Waals surface area contributed by atoms with Crippen molar-refractivity contribution >= 4 is 0 Å². The molecule has 2 rings (SSSR count). The predicted octanol–water partition coefficient (Wildman–Crippen LogP) is 0.717. The summed E-state index contributed by atoms with van der Waals surface area (Å²) in [5.41, 5.74) is 0. The summed E-state index contributed by atoms with van der Waals surface area (Å²) in [4.78, 5) is 7.54. The zero-order valence-corrected chi connectivity index (χ0v) is 12.7. The first-order valence-corrected chi connectivity index (χ1v) is 7.91. The van der Waals surface area contributed by atoms with Crippen LogP contribution in [0.4, 0.5) is 0 Å². The fourth-order valence-corrected chi connectivity index (χ4v) is 3.49. The summed E-state index contributed by atoms with van der Waals surface area (Å²) < 4.78 is 0. The van der Waals surface area contributed by atoms with Crippen molar-refractivity contribution in [2.24, 2.45) is 5.92 Å². The lowest BCUT2D eigenvalue weighted by Gasteiger charge is -2.38. The lowest BCUT2D eigenvalue weighted by atomic mass is 10.0. The summed E-state index contributed by atoms with van der Waals surface area (Å²) in [5, 5.41) is 9.26. The topological polar surface area (TPSA) is 30.0 Å². The lowest BCUT2D eigenvalue weighted by Crippen LogP contribution is -2.47. The molecule has 0 aromatic rings. The quantitative estimate of drug-likeness (QED) is 0.769. The van der Waals surface area contributed by atoms with Gasteiger partial charge < -0.3 is 14.9 Å². The molecule has 2 heterocycles. The molecule has 2 atom stereocenters. The maximum atomic E-state index is 9.26. The predicted molar refractivity (Wildman–Crippen MR) is 79.4 cm³/mol. The normalized spacial score (nSPS) is 30.3. The second-order valence-electron chi connectivity index (χ2n) is 6.59. The Hall–Kier alpha value is -0.160. The van der Waals surface area contributed by atoms with Crippen LogP contribution in [0.1, 0.15) is 25.7 Å². The number of aliphatic hydroxyl groups is 1. The monoisotopic (exact) mass is 269 g/mol. The van der Waals surface area contributed by atoms with Gasteiger partial charge in [-0.1, -0.05) is 0 Å². The minimum atomic E-state index is 0.371. The van der Waals surface area contributed by atoms with Crippen molar-refractivity contribution in [3.8, 4) is 0 Å². The Balaban J connectivity index is 1.71. The highest BCUT2D eigenvalue weighted by atomic mass is 16.3. The van der Waals surface area contributed by atoms with E-state index in [9.17, 15) is 5.11 Å². The molecule has 0 bridgehead atoms. The molecule has 0 aliphatic carbocycles. The zero-order chi connectivity index (χ0) is 13.7. The van der Waals surface area contributed by atoms with Gasteiger partial charge in [0.1, 0.15) is 0 Å². The van der Waals surface area contributed by atoms with Crippen LogP contribution in [-0.4, -0.2) is 85.8 Å². The van der Waals surface area contributed by atoms with Gasteiger partial charge >= 0.3 is 0 Å². The van der Waals surface area contributed by atoms with Gasteiger partial charge in [-0.15, -0.1) is 0 Å². The highest BCUT2D eigenvalue weighted by molar-refractivity contribution is 4.86. The summed E-state index contributed by atoms with van der Waals surface area (Å²) in [6.45, 7) is 7.64. The standard InChI is InChI=1S/C15H31N3O/c1-16(2)7-4-9-17-8-3-5-15(12-17)18-10-6-14(11-18)13-19/h14-15,19H,3-13H2,1-2H3. The Kier molecular flexibility index (Phi) is 6.07. The molecule has 2 aliphatic heterocycles. The third kappa shape index (κ3) is 4.71. The highest BCUT2D eigenvalue weighted by Gasteiger charge is 2.30. The molecule has 2 saturated heterocycles. The van der Waals surface area contributed by atoms with E-state index in [0.29, 0.717) is 12.5 Å². The molecule has 0 radical (unpaired) electrons. The smallest absolute Gasteiger partial charge is 0.0471 e. The minimum absolute atomic E-state index is 0.371. The van der Waals surface area contributed by atoms with E-state index in [1.165, 1.54) is 58.4 Å². The largest absolute Gasteiger partial charge is 0.396 e. The summed E-state index contributed by atoms with van der Waals surface area (Å²) in [5.74, 6) is 0.532. The molecule has 0 aromatic carbocycles. The third-order valence-electron chi connectivity index (χ3n) is 4.65. The van der Waals surface area contributed by atoms with Gasteiger partial charge in [0.2, 0.25) is 0 Å². The lowest BCUT2D eigenvalue weighted by molar-refractivity contribution is 0.106. The molecule has 0 saturated carbocycles. The first-order chi connectivity index (χ1) is 9.19. The van der Waals surface area contributed by atoms with Crippen LogP contribution in [0.2, 0.25) is 0 Å². The Labute approximate surface area is 118 Å². The van der Waals surface area contributed by atoms with Crippen molar-refractivity contribution in [1.29, 1.82) is 0 Å². The van der Waals surface area contributed by atoms with Crippen molar-refractivity contribution in [2.45, 2.75) is 31.7 Å². The van der Waals surface area contributed by atoms with E-state index in [2.05, 4.69) is 28.8 Å². The van der Waals surface area contributed by atoms with E-state index >= 15 is 0 Å². The van der Waals surface area contributed by atoms with E-state index in [-0.39, 0.29) is 0 Å². The van der Waals surface area contributed by atoms with E-state index in [1.807, 2.05) is 0 Å². The molecule has 0 aromatic heterocycles. The van der Waals surface area contributed by atoms with Crippen molar-refractivity contribution in [2.75, 3.05) is 60.0 Å². The second kappa shape index (κ2) is 7.58. The van der Waals surface area contributed by atoms with Gasteiger partial charge in [0.05, 0.1) is 0 Å². The van der Waals surface area contributed by atoms with Gasteiger partial charge in [-0.2, -0.15) is 0 Å². The molecular formula is C15H31N3O. The SMILES string of the molecule is CN(C)CCCN1CCCC(N2CCC(CO)C2)C1. The number of piperidine rings is 1. The second-order valence-corrected chi connectivity index (χ2v) is 6.59. The molecule has 4 heteroatoms. The Morgan fingerprint density at radius 3 is 2.68 bits per heavy atom. The molecule has 2 aliphatic rings. The van der Waals surface area contributed by atoms with Crippen LogP contribution in [0, 0.1) is 5.92 Å². The van der Waals surface area contributed by atoms with Crippen LogP contribution in [-0.2, 0) is 0 Å². The minimum Gasteiger partial charge on any atom is -0.396 e. The molecule has 2 unspecified atom stereocenters. The maximum absolute atomic E-state index is 9.26. The first kappa shape index (κ1) is 15.2. The molecular weight excluding hydrogens is 238 g/mol. The fraction of sp³-hybridized carbons (Fsp3) is 1.00. The number of hydrogen-bond donors (Lipinski definition) is 1. The molecule has 1 N–H and O–H groups in total. The highest BCUT2D eigenvalue weighted by Crippen LogP contribution is 2.23. The van der Waals surface area contributed by atoms with E-state index in [4.69, 9.17) is 0 Å². The van der Waals surface area contributed by atoms with Gasteiger partial charge in [-0.3, -0.25) is 4.90 Å². The summed E-state index contributed by atoms with van der Waals surface area (Å²) in [7, 11) is 4.30. The molecule has 19 heavy (non-hydrogen) atoms. The van der Waals surface area contributed by atoms with Crippen LogP contribution < -0.4 is 0 Å². The molecule has 0 amide bonds. The molecule has 4 nitrogen and oxygen atoms in total. The van der Waals surface area contributed by atoms with Crippen LogP contribution in [0.3, 0.4) is 0 Å². The average Bonchev–Trinajstić information content (AvgIpc) is 2.87. The van der Waals surface area contributed by atoms with Crippen LogP contribution in [0.5, 0.6) is 0 Å². The molecule has 112 valence electrons. The number of rotatable bonds is 6. The third-order valence-corrected chi connectivity index (χ3v) is 4.65. The van der Waals surface area contributed by atoms with Crippen molar-refractivity contribution in [3.63, 3.8) is 0 Å². The van der Waals surface area contributed by atoms with Crippen LogP contribution in [0.25, 0.3) is 0 Å². The van der Waals surface area contributed by atoms with Crippen LogP contribution in [0.15, 0.2) is 0 Å². The number of aliphatic hydroxyl groups excluding tert-OH is 1. The first-order valence-electron chi connectivity index (χ1n) is 7.91. The fourth-order valence-electron chi connectivity index (χ4n) is 3.49. The van der Waals surface area contributed by atoms with Gasteiger partial charge in [0, 0.05) is 25.7 Å². The summed E-state index contributed by atoms with van der Waals surface area (Å²) in [6.07, 6.45) is 5.15. The number of hydrogen-bond acceptors (Lipinski definition) is 4. The van der Waals surface area contributed by atoms with Crippen molar-refractivity contribution in [3.05, 3.63) is 0 Å². The Morgan fingerprint density at radius 1 is 1.16 bits per heavy atom. The van der Waals surface area contributed by atoms with E-state index < -0.39 is 0 Å². The Bertz CT molecular complexity index is 260. The van der Waals surface area contributed by atoms with Gasteiger partial charge in [0.15, 0.2) is 0 Å². The van der Waals surface area contributed by atoms with Gasteiger partial charge in [-0.05, 0) is 71.9 Å². The van der Waals surface area contributed by atoms with Crippen molar-refractivity contribution < 1.29 is 5.11 Å². The van der Waals surface area contributed by atoms with E-state index in [1.54, 1.807) is 0 Å². The zero-order valence-electron chi connectivity index (χ0n) is 12.7. The number of nitrogens with zero attached hydrogens (tertiary/aromatic N) is 3. The van der Waals surface area contributed by atoms with Gasteiger partial charge in [-0.25, -0.2) is 0 Å². The van der Waals surface area contributed by atoms with E-state index in [0.717, 1.165) is 12.6 Å². The Morgan fingerprint density at radius 2 is 2.00 bits per heavy atom. The summed E-state index contributed by atoms with van der Waals surface area (Å²) in [6, 6.07) is 0.740. The molecule has 2 fully saturated rings.